The Bertz CT molecular complexity index is 555. The van der Waals surface area contributed by atoms with Gasteiger partial charge in [0.05, 0.1) is 12.9 Å². The maximum absolute atomic E-state index is 12.7. The normalized spacial score (nSPS) is 20.9. The number of nitrogens with zero attached hydrogens (tertiary/aromatic N) is 3. The van der Waals surface area contributed by atoms with Crippen molar-refractivity contribution in [2.75, 3.05) is 6.61 Å². The largest absolute Gasteiger partial charge is 0.395 e. The van der Waals surface area contributed by atoms with E-state index in [0.717, 1.165) is 25.7 Å². The molecular weight excluding hydrogens is 316 g/mol. The van der Waals surface area contributed by atoms with Gasteiger partial charge in [0, 0.05) is 12.7 Å². The van der Waals surface area contributed by atoms with Crippen LogP contribution in [0.15, 0.2) is 17.6 Å². The number of rotatable bonds is 8. The third-order valence-corrected chi connectivity index (χ3v) is 9.65. The van der Waals surface area contributed by atoms with Gasteiger partial charge in [0.25, 0.3) is 10.0 Å². The first-order valence-electron chi connectivity index (χ1n) is 6.80. The molecule has 3 rings (SSSR count). The summed E-state index contributed by atoms with van der Waals surface area (Å²) >= 11 is 0. The molecule has 1 heterocycles. The summed E-state index contributed by atoms with van der Waals surface area (Å²) in [4.78, 5) is 4.01. The van der Waals surface area contributed by atoms with Gasteiger partial charge in [-0.25, -0.2) is 13.4 Å². The second kappa shape index (κ2) is 5.98. The fourth-order valence-electron chi connectivity index (χ4n) is 1.74. The van der Waals surface area contributed by atoms with E-state index < -0.39 is 10.0 Å². The molecule has 2 atom stereocenters. The highest BCUT2D eigenvalue weighted by atomic mass is 32.2. The Hall–Kier alpha value is -0.0600. The molecular formula is C11H19N3O3P2S. The van der Waals surface area contributed by atoms with E-state index in [2.05, 4.69) is 4.98 Å². The molecule has 2 saturated carbocycles. The molecule has 0 amide bonds. The molecule has 0 aromatic carbocycles. The Morgan fingerprint density at radius 3 is 2.40 bits per heavy atom. The zero-order chi connectivity index (χ0) is 14.2. The van der Waals surface area contributed by atoms with Crippen LogP contribution in [0.4, 0.5) is 0 Å². The summed E-state index contributed by atoms with van der Waals surface area (Å²) in [7, 11) is -2.72. The lowest BCUT2D eigenvalue weighted by atomic mass is 10.7. The zero-order valence-electron chi connectivity index (χ0n) is 11.1. The van der Waals surface area contributed by atoms with Crippen molar-refractivity contribution in [2.45, 2.75) is 48.6 Å². The predicted molar refractivity (Wildman–Crippen MR) is 81.0 cm³/mol. The van der Waals surface area contributed by atoms with E-state index in [1.165, 1.54) is 12.5 Å². The third-order valence-electron chi connectivity index (χ3n) is 3.23. The second-order valence-electron chi connectivity index (χ2n) is 5.25. The molecule has 2 fully saturated rings. The molecule has 0 radical (unpaired) electrons. The Labute approximate surface area is 122 Å². The number of aliphatic hydroxyl groups is 1. The molecule has 2 aliphatic carbocycles. The number of sulfonamides is 1. The Kier molecular flexibility index (Phi) is 4.44. The van der Waals surface area contributed by atoms with E-state index in [4.69, 9.17) is 5.11 Å². The van der Waals surface area contributed by atoms with E-state index in [0.29, 0.717) is 35.3 Å². The van der Waals surface area contributed by atoms with Gasteiger partial charge in [-0.3, -0.25) is 0 Å². The van der Waals surface area contributed by atoms with Crippen molar-refractivity contribution in [2.24, 2.45) is 0 Å². The van der Waals surface area contributed by atoms with Crippen LogP contribution in [-0.2, 0) is 16.6 Å². The van der Waals surface area contributed by atoms with Gasteiger partial charge in [-0.05, 0) is 54.5 Å². The van der Waals surface area contributed by atoms with Gasteiger partial charge in [0.15, 0.2) is 5.03 Å². The lowest BCUT2D eigenvalue weighted by molar-refractivity contribution is 0.276. The lowest BCUT2D eigenvalue weighted by Crippen LogP contribution is -2.17. The molecule has 0 saturated heterocycles. The summed E-state index contributed by atoms with van der Waals surface area (Å²) in [6.07, 6.45) is 7.60. The summed E-state index contributed by atoms with van der Waals surface area (Å²) in [6, 6.07) is 0. The van der Waals surface area contributed by atoms with Gasteiger partial charge in [-0.1, -0.05) is 0 Å². The summed E-state index contributed by atoms with van der Waals surface area (Å²) in [6.45, 7) is 0.353. The van der Waals surface area contributed by atoms with Crippen LogP contribution in [0.2, 0.25) is 0 Å². The van der Waals surface area contributed by atoms with Crippen molar-refractivity contribution in [3.8, 4) is 0 Å². The summed E-state index contributed by atoms with van der Waals surface area (Å²) < 4.78 is 28.6. The van der Waals surface area contributed by atoms with E-state index in [-0.39, 0.29) is 11.6 Å². The second-order valence-corrected chi connectivity index (χ2v) is 11.1. The average Bonchev–Trinajstić information content (AvgIpc) is 3.32. The van der Waals surface area contributed by atoms with Crippen molar-refractivity contribution >= 4 is 27.5 Å². The highest BCUT2D eigenvalue weighted by Gasteiger charge is 2.36. The minimum Gasteiger partial charge on any atom is -0.395 e. The van der Waals surface area contributed by atoms with Gasteiger partial charge in [-0.15, -0.1) is 0 Å². The van der Waals surface area contributed by atoms with Crippen molar-refractivity contribution in [1.82, 2.24) is 13.4 Å². The molecule has 1 N–H and O–H groups in total. The van der Waals surface area contributed by atoms with Crippen molar-refractivity contribution in [3.63, 3.8) is 0 Å². The van der Waals surface area contributed by atoms with Crippen LogP contribution >= 0.6 is 17.5 Å². The maximum Gasteiger partial charge on any atom is 0.268 e. The number of hydrogen-bond donors (Lipinski definition) is 1. The fourth-order valence-corrected chi connectivity index (χ4v) is 7.85. The molecule has 1 aromatic rings. The highest BCUT2D eigenvalue weighted by molar-refractivity contribution is 7.97. The van der Waals surface area contributed by atoms with Crippen molar-refractivity contribution in [3.05, 3.63) is 12.5 Å². The smallest absolute Gasteiger partial charge is 0.268 e. The third kappa shape index (κ3) is 3.58. The molecule has 6 nitrogen and oxygen atoms in total. The highest BCUT2D eigenvalue weighted by Crippen LogP contribution is 2.54. The molecule has 2 unspecified atom stereocenters. The molecule has 0 bridgehead atoms. The first kappa shape index (κ1) is 14.9. The summed E-state index contributed by atoms with van der Waals surface area (Å²) in [5.41, 5.74) is 1.13. The zero-order valence-corrected chi connectivity index (χ0v) is 13.9. The molecule has 0 aliphatic heterocycles. The first-order valence-corrected chi connectivity index (χ1v) is 10.3. The van der Waals surface area contributed by atoms with Crippen LogP contribution in [0.5, 0.6) is 0 Å². The van der Waals surface area contributed by atoms with Crippen LogP contribution in [0.25, 0.3) is 0 Å². The van der Waals surface area contributed by atoms with Gasteiger partial charge >= 0.3 is 0 Å². The Balaban J connectivity index is 1.77. The Morgan fingerprint density at radius 1 is 1.30 bits per heavy atom. The molecule has 9 heteroatoms. The van der Waals surface area contributed by atoms with E-state index in [9.17, 15) is 8.42 Å². The molecule has 2 aliphatic rings. The fraction of sp³-hybridized carbons (Fsp3) is 0.727. The number of hydrogen-bond acceptors (Lipinski definition) is 4. The predicted octanol–water partition coefficient (Wildman–Crippen LogP) is 1.38. The van der Waals surface area contributed by atoms with Crippen LogP contribution in [0, 0.1) is 0 Å². The van der Waals surface area contributed by atoms with Crippen LogP contribution in [-0.4, -0.2) is 44.8 Å². The number of imidazole rings is 1. The first-order chi connectivity index (χ1) is 9.59. The average molecular weight is 335 g/mol. The monoisotopic (exact) mass is 335 g/mol. The minimum atomic E-state index is -3.46. The summed E-state index contributed by atoms with van der Waals surface area (Å²) in [5.74, 6) is 0. The van der Waals surface area contributed by atoms with Crippen LogP contribution < -0.4 is 0 Å². The SMILES string of the molecule is O=S(=O)(c1cn(CCO)cn1)N(PC1CC1)PC1CC1. The van der Waals surface area contributed by atoms with Crippen molar-refractivity contribution in [1.29, 1.82) is 0 Å². The molecule has 112 valence electrons. The molecule has 20 heavy (non-hydrogen) atoms. The van der Waals surface area contributed by atoms with E-state index in [1.54, 1.807) is 8.41 Å². The number of aliphatic hydroxyl groups excluding tert-OH is 1. The topological polar surface area (TPSA) is 75.4 Å². The summed E-state index contributed by atoms with van der Waals surface area (Å²) in [5, 5.41) is 9.01. The quantitative estimate of drug-likeness (QED) is 0.728. The van der Waals surface area contributed by atoms with Gasteiger partial charge in [-0.2, -0.15) is 3.85 Å². The molecule has 1 aromatic heterocycles. The lowest BCUT2D eigenvalue weighted by Gasteiger charge is -2.20. The van der Waals surface area contributed by atoms with Crippen molar-refractivity contribution < 1.29 is 13.5 Å². The van der Waals surface area contributed by atoms with Gasteiger partial charge in [0.1, 0.15) is 0 Å². The standard InChI is InChI=1S/C11H19N3O3P2S/c15-6-5-13-7-11(12-8-13)20(16,17)14(18-9-1-2-9)19-10-3-4-10/h7-10,15,18-19H,1-6H2. The minimum absolute atomic E-state index is 0.0206. The van der Waals surface area contributed by atoms with Crippen LogP contribution in [0.3, 0.4) is 0 Å². The Morgan fingerprint density at radius 2 is 1.90 bits per heavy atom. The maximum atomic E-state index is 12.7. The van der Waals surface area contributed by atoms with E-state index in [1.807, 2.05) is 0 Å². The number of aromatic nitrogens is 2. The van der Waals surface area contributed by atoms with E-state index >= 15 is 0 Å². The van der Waals surface area contributed by atoms with Crippen LogP contribution in [0.1, 0.15) is 25.7 Å². The van der Waals surface area contributed by atoms with Gasteiger partial charge in [0.2, 0.25) is 0 Å². The molecule has 0 spiro atoms. The van der Waals surface area contributed by atoms with Gasteiger partial charge < -0.3 is 9.67 Å².